The maximum Gasteiger partial charge on any atom is 0.293 e. The summed E-state index contributed by atoms with van der Waals surface area (Å²) in [5, 5.41) is 0.348. The van der Waals surface area contributed by atoms with E-state index in [2.05, 4.69) is 22.6 Å². The highest BCUT2D eigenvalue weighted by Gasteiger charge is 2.35. The van der Waals surface area contributed by atoms with Crippen molar-refractivity contribution in [2.24, 2.45) is 0 Å². The molecule has 1 aliphatic heterocycles. The van der Waals surface area contributed by atoms with Crippen molar-refractivity contribution in [2.75, 3.05) is 7.11 Å². The Morgan fingerprint density at radius 2 is 1.80 bits per heavy atom. The topological polar surface area (TPSA) is 55.8 Å². The fourth-order valence-electron chi connectivity index (χ4n) is 3.36. The first kappa shape index (κ1) is 25.8. The second-order valence-corrected chi connectivity index (χ2v) is 10.4. The molecule has 4 rings (SSSR count). The van der Waals surface area contributed by atoms with Crippen LogP contribution in [0.5, 0.6) is 11.5 Å². The Kier molecular flexibility index (Phi) is 8.26. The molecule has 1 fully saturated rings. The lowest BCUT2D eigenvalue weighted by Crippen LogP contribution is -2.27. The van der Waals surface area contributed by atoms with E-state index in [1.807, 2.05) is 0 Å². The number of halogens is 4. The molecule has 0 N–H and O–H groups in total. The summed E-state index contributed by atoms with van der Waals surface area (Å²) in [7, 11) is 1.49. The zero-order valence-corrected chi connectivity index (χ0v) is 22.7. The Morgan fingerprint density at radius 3 is 2.49 bits per heavy atom. The number of hydrogen-bond acceptors (Lipinski definition) is 5. The lowest BCUT2D eigenvalue weighted by Gasteiger charge is -2.15. The molecule has 0 unspecified atom stereocenters. The summed E-state index contributed by atoms with van der Waals surface area (Å²) in [5.41, 5.74) is 1.57. The molecule has 0 bridgehead atoms. The Hall–Kier alpha value is -2.27. The van der Waals surface area contributed by atoms with E-state index in [1.165, 1.54) is 13.2 Å². The van der Waals surface area contributed by atoms with E-state index in [4.69, 9.17) is 32.7 Å². The van der Waals surface area contributed by atoms with E-state index in [0.29, 0.717) is 41.8 Å². The molecule has 1 heterocycles. The quantitative estimate of drug-likeness (QED) is 0.196. The predicted molar refractivity (Wildman–Crippen MR) is 144 cm³/mol. The largest absolute Gasteiger partial charge is 0.493 e. The van der Waals surface area contributed by atoms with Crippen molar-refractivity contribution < 1.29 is 23.5 Å². The molecule has 5 nitrogen and oxygen atoms in total. The molecule has 1 saturated heterocycles. The van der Waals surface area contributed by atoms with Crippen molar-refractivity contribution in [3.63, 3.8) is 0 Å². The molecule has 0 spiro atoms. The minimum Gasteiger partial charge on any atom is -0.493 e. The van der Waals surface area contributed by atoms with E-state index in [1.54, 1.807) is 54.6 Å². The average molecular weight is 644 g/mol. The first-order valence-electron chi connectivity index (χ1n) is 10.2. The maximum atomic E-state index is 13.9. The summed E-state index contributed by atoms with van der Waals surface area (Å²) >= 11 is 15.3. The molecule has 0 radical (unpaired) electrons. The first-order valence-corrected chi connectivity index (χ1v) is 12.9. The zero-order valence-electron chi connectivity index (χ0n) is 18.2. The van der Waals surface area contributed by atoms with Crippen molar-refractivity contribution in [1.82, 2.24) is 4.90 Å². The number of benzene rings is 3. The number of carbonyl (C=O) groups excluding carboxylic acids is 2. The van der Waals surface area contributed by atoms with Crippen LogP contribution in [0.25, 0.3) is 6.08 Å². The normalized spacial score (nSPS) is 14.7. The van der Waals surface area contributed by atoms with Crippen LogP contribution in [-0.2, 0) is 17.9 Å². The highest BCUT2D eigenvalue weighted by Crippen LogP contribution is 2.39. The van der Waals surface area contributed by atoms with Crippen LogP contribution in [0.1, 0.15) is 16.7 Å². The van der Waals surface area contributed by atoms with Crippen molar-refractivity contribution in [2.45, 2.75) is 13.2 Å². The van der Waals surface area contributed by atoms with Crippen LogP contribution in [-0.4, -0.2) is 23.2 Å². The number of amides is 2. The smallest absolute Gasteiger partial charge is 0.293 e. The van der Waals surface area contributed by atoms with Crippen LogP contribution >= 0.6 is 57.6 Å². The van der Waals surface area contributed by atoms with Crippen molar-refractivity contribution in [3.05, 3.63) is 95.6 Å². The molecular weight excluding hydrogens is 627 g/mol. The molecule has 2 amide bonds. The Bertz CT molecular complexity index is 1330. The summed E-state index contributed by atoms with van der Waals surface area (Å²) in [5.74, 6) is 0.0771. The molecular formula is C25H17Cl2FINO4S. The number of ether oxygens (including phenoxy) is 2. The van der Waals surface area contributed by atoms with Gasteiger partial charge in [0.05, 0.1) is 22.1 Å². The third-order valence-corrected chi connectivity index (χ3v) is 7.55. The molecule has 0 atom stereocenters. The number of nitrogens with zero attached hydrogens (tertiary/aromatic N) is 1. The highest BCUT2D eigenvalue weighted by molar-refractivity contribution is 14.1. The number of imide groups is 1. The van der Waals surface area contributed by atoms with E-state index >= 15 is 0 Å². The van der Waals surface area contributed by atoms with E-state index in [-0.39, 0.29) is 23.9 Å². The summed E-state index contributed by atoms with van der Waals surface area (Å²) < 4.78 is 26.0. The predicted octanol–water partition coefficient (Wildman–Crippen LogP) is 7.56. The number of rotatable bonds is 7. The van der Waals surface area contributed by atoms with E-state index < -0.39 is 11.1 Å². The van der Waals surface area contributed by atoms with Gasteiger partial charge in [0.15, 0.2) is 11.5 Å². The molecule has 1 aliphatic rings. The maximum absolute atomic E-state index is 13.9. The minimum atomic E-state index is -0.440. The minimum absolute atomic E-state index is 0.0236. The van der Waals surface area contributed by atoms with Crippen LogP contribution in [0, 0.1) is 9.39 Å². The standard InChI is InChI=1S/C25H17Cl2FINO4S/c1-33-21-10-14(9-20(29)23(21)34-13-15-5-2-3-8-19(15)28)11-22-24(31)30(25(32)35-22)12-16-17(26)6-4-7-18(16)27/h2-11H,12-13H2,1H3/b22-11-. The van der Waals surface area contributed by atoms with Crippen LogP contribution in [0.2, 0.25) is 10.0 Å². The first-order chi connectivity index (χ1) is 16.8. The van der Waals surface area contributed by atoms with Gasteiger partial charge in [0, 0.05) is 21.2 Å². The van der Waals surface area contributed by atoms with Gasteiger partial charge in [0.1, 0.15) is 12.4 Å². The SMILES string of the molecule is COc1cc(/C=C2\SC(=O)N(Cc3c(Cl)cccc3Cl)C2=O)cc(I)c1OCc1ccccc1F. The molecule has 3 aromatic carbocycles. The Balaban J connectivity index is 1.56. The van der Waals surface area contributed by atoms with Crippen molar-refractivity contribution in [3.8, 4) is 11.5 Å². The summed E-state index contributed by atoms with van der Waals surface area (Å²) in [6.07, 6.45) is 1.62. The van der Waals surface area contributed by atoms with Crippen molar-refractivity contribution >= 4 is 74.8 Å². The van der Waals surface area contributed by atoms with Gasteiger partial charge in [-0.25, -0.2) is 4.39 Å². The molecule has 0 aromatic heterocycles. The lowest BCUT2D eigenvalue weighted by atomic mass is 10.1. The zero-order chi connectivity index (χ0) is 25.1. The van der Waals surface area contributed by atoms with Gasteiger partial charge in [-0.1, -0.05) is 47.5 Å². The second-order valence-electron chi connectivity index (χ2n) is 7.38. The van der Waals surface area contributed by atoms with Crippen LogP contribution < -0.4 is 9.47 Å². The van der Waals surface area contributed by atoms with Gasteiger partial charge < -0.3 is 9.47 Å². The van der Waals surface area contributed by atoms with Crippen LogP contribution in [0.3, 0.4) is 0 Å². The molecule has 180 valence electrons. The number of methoxy groups -OCH3 is 1. The van der Waals surface area contributed by atoms with Crippen molar-refractivity contribution in [1.29, 1.82) is 0 Å². The monoisotopic (exact) mass is 643 g/mol. The van der Waals surface area contributed by atoms with Crippen LogP contribution in [0.15, 0.2) is 59.5 Å². The Labute approximate surface area is 229 Å². The Morgan fingerprint density at radius 1 is 1.09 bits per heavy atom. The van der Waals surface area contributed by atoms with E-state index in [9.17, 15) is 14.0 Å². The van der Waals surface area contributed by atoms with Gasteiger partial charge in [-0.15, -0.1) is 0 Å². The highest BCUT2D eigenvalue weighted by atomic mass is 127. The second kappa shape index (κ2) is 11.2. The fraction of sp³-hybridized carbons (Fsp3) is 0.120. The lowest BCUT2D eigenvalue weighted by molar-refractivity contribution is -0.123. The van der Waals surface area contributed by atoms with Gasteiger partial charge >= 0.3 is 0 Å². The van der Waals surface area contributed by atoms with Gasteiger partial charge in [-0.05, 0) is 76.3 Å². The van der Waals surface area contributed by atoms with Crippen LogP contribution in [0.4, 0.5) is 9.18 Å². The molecule has 10 heteroatoms. The summed E-state index contributed by atoms with van der Waals surface area (Å²) in [4.78, 5) is 26.9. The van der Waals surface area contributed by atoms with E-state index in [0.717, 1.165) is 16.7 Å². The molecule has 0 aliphatic carbocycles. The molecule has 0 saturated carbocycles. The summed E-state index contributed by atoms with van der Waals surface area (Å²) in [6.45, 7) is 0.00602. The third kappa shape index (κ3) is 5.77. The third-order valence-electron chi connectivity index (χ3n) is 5.13. The van der Waals surface area contributed by atoms with Gasteiger partial charge in [0.25, 0.3) is 11.1 Å². The molecule has 3 aromatic rings. The number of thioether (sulfide) groups is 1. The molecule has 35 heavy (non-hydrogen) atoms. The fourth-order valence-corrected chi connectivity index (χ4v) is 5.49. The van der Waals surface area contributed by atoms with Gasteiger partial charge in [-0.3, -0.25) is 14.5 Å². The van der Waals surface area contributed by atoms with Gasteiger partial charge in [0.2, 0.25) is 0 Å². The summed E-state index contributed by atoms with van der Waals surface area (Å²) in [6, 6.07) is 14.9. The average Bonchev–Trinajstić information content (AvgIpc) is 3.08. The number of hydrogen-bond donors (Lipinski definition) is 0. The number of carbonyl (C=O) groups is 2. The van der Waals surface area contributed by atoms with Gasteiger partial charge in [-0.2, -0.15) is 0 Å².